The first-order valence-corrected chi connectivity index (χ1v) is 12.3. The van der Waals surface area contributed by atoms with Crippen LogP contribution in [0.2, 0.25) is 0 Å². The zero-order chi connectivity index (χ0) is 23.6. The largest absolute Gasteiger partial charge is 0.475 e. The second kappa shape index (κ2) is 17.0. The monoisotopic (exact) mass is 437 g/mol. The summed E-state index contributed by atoms with van der Waals surface area (Å²) >= 11 is 0. The number of quaternary nitrogens is 1. The fourth-order valence-corrected chi connectivity index (χ4v) is 3.78. The van der Waals surface area contributed by atoms with E-state index in [2.05, 4.69) is 31.0 Å². The predicted octanol–water partition coefficient (Wildman–Crippen LogP) is 6.20. The SMILES string of the molecule is C=CCC(NC(=O)CCCCCCC/C=C\CCCCCCCC)(C(=O)O)[N+](C)(C)C. The molecule has 0 aliphatic rings. The summed E-state index contributed by atoms with van der Waals surface area (Å²) in [4.78, 5) is 24.3. The molecule has 0 aromatic heterocycles. The molecule has 0 saturated carbocycles. The van der Waals surface area contributed by atoms with Gasteiger partial charge in [0, 0.05) is 6.42 Å². The average molecular weight is 438 g/mol. The van der Waals surface area contributed by atoms with E-state index in [9.17, 15) is 14.7 Å². The molecular formula is C26H49N2O3+. The first kappa shape index (κ1) is 29.4. The molecule has 0 aromatic rings. The lowest BCUT2D eigenvalue weighted by atomic mass is 10.0. The molecule has 1 amide bonds. The number of allylic oxidation sites excluding steroid dienone is 2. The van der Waals surface area contributed by atoms with Crippen LogP contribution in [0.25, 0.3) is 0 Å². The highest BCUT2D eigenvalue weighted by Crippen LogP contribution is 2.22. The third-order valence-electron chi connectivity index (χ3n) is 5.95. The van der Waals surface area contributed by atoms with Gasteiger partial charge >= 0.3 is 5.97 Å². The van der Waals surface area contributed by atoms with Crippen molar-refractivity contribution in [2.75, 3.05) is 21.1 Å². The molecule has 0 saturated heterocycles. The summed E-state index contributed by atoms with van der Waals surface area (Å²) in [6, 6.07) is 0. The second-order valence-corrected chi connectivity index (χ2v) is 9.55. The summed E-state index contributed by atoms with van der Waals surface area (Å²) in [5.41, 5.74) is -1.37. The summed E-state index contributed by atoms with van der Waals surface area (Å²) in [6.07, 6.45) is 22.5. The quantitative estimate of drug-likeness (QED) is 0.103. The van der Waals surface area contributed by atoms with E-state index in [1.165, 1.54) is 57.8 Å². The number of unbranched alkanes of at least 4 members (excludes halogenated alkanes) is 11. The van der Waals surface area contributed by atoms with Crippen LogP contribution in [-0.2, 0) is 9.59 Å². The summed E-state index contributed by atoms with van der Waals surface area (Å²) in [5.74, 6) is -1.23. The van der Waals surface area contributed by atoms with Gasteiger partial charge in [0.15, 0.2) is 0 Å². The Morgan fingerprint density at radius 2 is 1.35 bits per heavy atom. The van der Waals surface area contributed by atoms with Crippen molar-refractivity contribution in [1.29, 1.82) is 0 Å². The number of hydrogen-bond donors (Lipinski definition) is 2. The highest BCUT2D eigenvalue weighted by molar-refractivity contribution is 5.85. The van der Waals surface area contributed by atoms with Crippen molar-refractivity contribution < 1.29 is 19.2 Å². The van der Waals surface area contributed by atoms with Crippen LogP contribution in [0, 0.1) is 0 Å². The van der Waals surface area contributed by atoms with Crippen LogP contribution < -0.4 is 5.32 Å². The molecule has 31 heavy (non-hydrogen) atoms. The maximum Gasteiger partial charge on any atom is 0.388 e. The molecule has 5 nitrogen and oxygen atoms in total. The summed E-state index contributed by atoms with van der Waals surface area (Å²) in [5, 5.41) is 12.5. The first-order chi connectivity index (χ1) is 14.7. The normalized spacial score (nSPS) is 13.8. The molecule has 0 rings (SSSR count). The molecule has 0 spiro atoms. The highest BCUT2D eigenvalue weighted by atomic mass is 16.4. The zero-order valence-electron chi connectivity index (χ0n) is 20.8. The number of nitrogens with one attached hydrogen (secondary N) is 1. The summed E-state index contributed by atoms with van der Waals surface area (Å²) < 4.78 is 0.104. The zero-order valence-corrected chi connectivity index (χ0v) is 20.8. The number of nitrogens with zero attached hydrogens (tertiary/aromatic N) is 1. The van der Waals surface area contributed by atoms with Crippen LogP contribution in [0.5, 0.6) is 0 Å². The molecule has 0 heterocycles. The third-order valence-corrected chi connectivity index (χ3v) is 5.95. The number of rotatable bonds is 20. The Hall–Kier alpha value is -1.62. The van der Waals surface area contributed by atoms with Gasteiger partial charge in [-0.15, -0.1) is 6.58 Å². The van der Waals surface area contributed by atoms with Gasteiger partial charge in [-0.1, -0.05) is 76.5 Å². The minimum Gasteiger partial charge on any atom is -0.475 e. The van der Waals surface area contributed by atoms with Crippen LogP contribution in [0.4, 0.5) is 0 Å². The number of carbonyl (C=O) groups is 2. The molecule has 5 heteroatoms. The molecule has 1 unspecified atom stereocenters. The van der Waals surface area contributed by atoms with E-state index < -0.39 is 11.6 Å². The van der Waals surface area contributed by atoms with Gasteiger partial charge in [0.05, 0.1) is 27.6 Å². The second-order valence-electron chi connectivity index (χ2n) is 9.55. The Balaban J connectivity index is 3.91. The minimum absolute atomic E-state index is 0.104. The number of amides is 1. The fraction of sp³-hybridized carbons (Fsp3) is 0.769. The highest BCUT2D eigenvalue weighted by Gasteiger charge is 2.51. The van der Waals surface area contributed by atoms with Crippen LogP contribution in [0.15, 0.2) is 24.8 Å². The van der Waals surface area contributed by atoms with Crippen molar-refractivity contribution in [2.45, 2.75) is 109 Å². The van der Waals surface area contributed by atoms with Gasteiger partial charge in [-0.05, 0) is 32.1 Å². The van der Waals surface area contributed by atoms with Crippen LogP contribution in [0.1, 0.15) is 103 Å². The van der Waals surface area contributed by atoms with Gasteiger partial charge in [-0.3, -0.25) is 14.6 Å². The maximum absolute atomic E-state index is 12.4. The molecule has 0 aliphatic heterocycles. The van der Waals surface area contributed by atoms with Crippen molar-refractivity contribution in [3.63, 3.8) is 0 Å². The number of carbonyl (C=O) groups excluding carboxylic acids is 1. The van der Waals surface area contributed by atoms with Crippen LogP contribution >= 0.6 is 0 Å². The number of likely N-dealkylation sites (N-methyl/N-ethyl adjacent to an activating group) is 1. The van der Waals surface area contributed by atoms with E-state index in [1.807, 2.05) is 0 Å². The standard InChI is InChI=1S/C26H48N2O3/c1-6-8-9-10-11-12-13-14-15-16-17-18-19-20-21-22-24(29)27-26(23-7-2,25(30)31)28(3,4)5/h7,14-15H,2,6,8-13,16-23H2,1,3-5H3,(H-,27,29,30,31)/p+1/b15-14-. The van der Waals surface area contributed by atoms with Crippen LogP contribution in [0.3, 0.4) is 0 Å². The van der Waals surface area contributed by atoms with Crippen molar-refractivity contribution in [2.24, 2.45) is 0 Å². The molecule has 2 N–H and O–H groups in total. The smallest absolute Gasteiger partial charge is 0.388 e. The molecule has 1 atom stereocenters. The Kier molecular flexibility index (Phi) is 16.1. The van der Waals surface area contributed by atoms with Crippen molar-refractivity contribution >= 4 is 11.9 Å². The number of hydrogen-bond acceptors (Lipinski definition) is 2. The van der Waals surface area contributed by atoms with Crippen molar-refractivity contribution in [1.82, 2.24) is 5.32 Å². The van der Waals surface area contributed by atoms with Gasteiger partial charge < -0.3 is 5.11 Å². The Bertz CT molecular complexity index is 537. The lowest BCUT2D eigenvalue weighted by Gasteiger charge is -2.42. The third kappa shape index (κ3) is 12.7. The lowest BCUT2D eigenvalue weighted by molar-refractivity contribution is -0.916. The van der Waals surface area contributed by atoms with E-state index in [-0.39, 0.29) is 16.8 Å². The fourth-order valence-electron chi connectivity index (χ4n) is 3.78. The molecule has 0 aliphatic carbocycles. The van der Waals surface area contributed by atoms with Crippen LogP contribution in [-0.4, -0.2) is 48.3 Å². The Labute approximate surface area is 191 Å². The lowest BCUT2D eigenvalue weighted by Crippen LogP contribution is -2.70. The topological polar surface area (TPSA) is 66.4 Å². The van der Waals surface area contributed by atoms with E-state index in [1.54, 1.807) is 27.2 Å². The van der Waals surface area contributed by atoms with E-state index in [0.29, 0.717) is 6.42 Å². The summed E-state index contributed by atoms with van der Waals surface area (Å²) in [6.45, 7) is 5.92. The molecule has 0 bridgehead atoms. The first-order valence-electron chi connectivity index (χ1n) is 12.3. The molecule has 0 fully saturated rings. The molecule has 0 aromatic carbocycles. The number of aliphatic carboxylic acids is 1. The Morgan fingerprint density at radius 3 is 1.81 bits per heavy atom. The predicted molar refractivity (Wildman–Crippen MR) is 131 cm³/mol. The Morgan fingerprint density at radius 1 is 0.871 bits per heavy atom. The molecule has 0 radical (unpaired) electrons. The number of carboxylic acid groups (broad SMARTS) is 1. The molecular weight excluding hydrogens is 388 g/mol. The van der Waals surface area contributed by atoms with Crippen molar-refractivity contribution in [3.8, 4) is 0 Å². The minimum atomic E-state index is -1.37. The van der Waals surface area contributed by atoms with E-state index >= 15 is 0 Å². The van der Waals surface area contributed by atoms with E-state index in [0.717, 1.165) is 25.7 Å². The molecule has 180 valence electrons. The number of carboxylic acids is 1. The van der Waals surface area contributed by atoms with Gasteiger partial charge in [0.25, 0.3) is 5.66 Å². The van der Waals surface area contributed by atoms with E-state index in [4.69, 9.17) is 0 Å². The van der Waals surface area contributed by atoms with Gasteiger partial charge in [-0.25, -0.2) is 4.79 Å². The van der Waals surface area contributed by atoms with Gasteiger partial charge in [0.2, 0.25) is 5.91 Å². The van der Waals surface area contributed by atoms with Crippen molar-refractivity contribution in [3.05, 3.63) is 24.8 Å². The average Bonchev–Trinajstić information content (AvgIpc) is 2.69. The van der Waals surface area contributed by atoms with Gasteiger partial charge in [0.1, 0.15) is 0 Å². The summed E-state index contributed by atoms with van der Waals surface area (Å²) in [7, 11) is 5.33. The van der Waals surface area contributed by atoms with Gasteiger partial charge in [-0.2, -0.15) is 0 Å². The maximum atomic E-state index is 12.4.